The molecule has 11 heteroatoms. The Morgan fingerprint density at radius 1 is 1.37 bits per heavy atom. The van der Waals surface area contributed by atoms with Crippen molar-refractivity contribution < 1.29 is 14.3 Å². The molecule has 0 fully saturated rings. The lowest BCUT2D eigenvalue weighted by Crippen LogP contribution is -2.39. The standard InChI is InChI=1S/C19H23N7O4/c1-5-8-30-19(29)25(4)24-17-18(28)26(13(3)9-22-17)11-16(27)21-10-15-14(20)7-6-12(2)23-15/h1,6-7,9H,8,10-11,20H2,2-4H3,(H,21,27)(H,22,24). The molecule has 2 aromatic heterocycles. The van der Waals surface area contributed by atoms with Crippen molar-refractivity contribution in [3.05, 3.63) is 45.8 Å². The van der Waals surface area contributed by atoms with Crippen LogP contribution in [-0.4, -0.2) is 45.2 Å². The fraction of sp³-hybridized carbons (Fsp3) is 0.316. The number of anilines is 2. The number of aromatic nitrogens is 3. The molecule has 0 bridgehead atoms. The highest BCUT2D eigenvalue weighted by Crippen LogP contribution is 2.09. The van der Waals surface area contributed by atoms with Crippen molar-refractivity contribution >= 4 is 23.5 Å². The summed E-state index contributed by atoms with van der Waals surface area (Å²) < 4.78 is 5.97. The number of amides is 2. The quantitative estimate of drug-likeness (QED) is 0.431. The first-order valence-corrected chi connectivity index (χ1v) is 8.88. The third-order valence-electron chi connectivity index (χ3n) is 3.98. The van der Waals surface area contributed by atoms with Crippen LogP contribution in [0, 0.1) is 26.2 Å². The van der Waals surface area contributed by atoms with Crippen molar-refractivity contribution in [1.82, 2.24) is 24.9 Å². The minimum absolute atomic E-state index is 0.125. The van der Waals surface area contributed by atoms with E-state index in [-0.39, 0.29) is 25.5 Å². The minimum Gasteiger partial charge on any atom is -0.435 e. The maximum absolute atomic E-state index is 12.7. The molecule has 2 heterocycles. The number of terminal acetylenes is 1. The maximum atomic E-state index is 12.7. The van der Waals surface area contributed by atoms with Gasteiger partial charge >= 0.3 is 6.09 Å². The number of ether oxygens (including phenoxy) is 1. The van der Waals surface area contributed by atoms with Crippen LogP contribution in [0.1, 0.15) is 17.1 Å². The summed E-state index contributed by atoms with van der Waals surface area (Å²) in [5.74, 6) is 1.59. The lowest BCUT2D eigenvalue weighted by atomic mass is 10.2. The lowest BCUT2D eigenvalue weighted by Gasteiger charge is -2.18. The molecule has 0 radical (unpaired) electrons. The second-order valence-electron chi connectivity index (χ2n) is 6.33. The van der Waals surface area contributed by atoms with E-state index < -0.39 is 17.6 Å². The molecule has 0 aromatic carbocycles. The molecule has 0 aliphatic rings. The number of nitrogens with one attached hydrogen (secondary N) is 2. The molecule has 4 N–H and O–H groups in total. The second kappa shape index (κ2) is 9.92. The van der Waals surface area contributed by atoms with Crippen LogP contribution in [0.15, 0.2) is 23.1 Å². The summed E-state index contributed by atoms with van der Waals surface area (Å²) in [6.07, 6.45) is 5.64. The summed E-state index contributed by atoms with van der Waals surface area (Å²) in [7, 11) is 1.34. The van der Waals surface area contributed by atoms with Gasteiger partial charge in [-0.05, 0) is 26.0 Å². The Hall–Kier alpha value is -4.07. The molecule has 0 atom stereocenters. The van der Waals surface area contributed by atoms with Crippen LogP contribution in [0.3, 0.4) is 0 Å². The number of nitrogens with zero attached hydrogens (tertiary/aromatic N) is 4. The van der Waals surface area contributed by atoms with Crippen LogP contribution in [-0.2, 0) is 22.6 Å². The number of carbonyl (C=O) groups is 2. The molecule has 0 aliphatic carbocycles. The molecule has 0 saturated carbocycles. The van der Waals surface area contributed by atoms with Gasteiger partial charge in [0.05, 0.1) is 17.9 Å². The van der Waals surface area contributed by atoms with Crippen molar-refractivity contribution in [2.24, 2.45) is 0 Å². The van der Waals surface area contributed by atoms with Crippen molar-refractivity contribution in [2.75, 3.05) is 24.8 Å². The van der Waals surface area contributed by atoms with Crippen LogP contribution in [0.4, 0.5) is 16.3 Å². The summed E-state index contributed by atoms with van der Waals surface area (Å²) >= 11 is 0. The third-order valence-corrected chi connectivity index (χ3v) is 3.98. The molecule has 2 amide bonds. The first kappa shape index (κ1) is 22.2. The van der Waals surface area contributed by atoms with E-state index in [0.717, 1.165) is 10.7 Å². The summed E-state index contributed by atoms with van der Waals surface area (Å²) in [4.78, 5) is 45.0. The van der Waals surface area contributed by atoms with E-state index in [9.17, 15) is 14.4 Å². The Bertz CT molecular complexity index is 1040. The molecule has 0 unspecified atom stereocenters. The molecule has 11 nitrogen and oxygen atoms in total. The van der Waals surface area contributed by atoms with Gasteiger partial charge in [0.1, 0.15) is 6.54 Å². The van der Waals surface area contributed by atoms with Gasteiger partial charge in [-0.15, -0.1) is 6.42 Å². The molecule has 30 heavy (non-hydrogen) atoms. The van der Waals surface area contributed by atoms with Crippen molar-refractivity contribution in [1.29, 1.82) is 0 Å². The molecule has 158 valence electrons. The summed E-state index contributed by atoms with van der Waals surface area (Å²) in [5.41, 5.74) is 10.0. The SMILES string of the molecule is C#CCOC(=O)N(C)Nc1ncc(C)n(CC(=O)NCc2nc(C)ccc2N)c1=O. The maximum Gasteiger partial charge on any atom is 0.429 e. The number of hydrogen-bond donors (Lipinski definition) is 3. The van der Waals surface area contributed by atoms with Gasteiger partial charge in [0, 0.05) is 24.6 Å². The van der Waals surface area contributed by atoms with Crippen LogP contribution in [0.25, 0.3) is 0 Å². The van der Waals surface area contributed by atoms with Gasteiger partial charge in [-0.25, -0.2) is 14.8 Å². The van der Waals surface area contributed by atoms with Crippen molar-refractivity contribution in [2.45, 2.75) is 26.9 Å². The Morgan fingerprint density at radius 3 is 2.80 bits per heavy atom. The number of pyridine rings is 1. The van der Waals surface area contributed by atoms with Gasteiger partial charge in [0.25, 0.3) is 5.56 Å². The van der Waals surface area contributed by atoms with Crippen molar-refractivity contribution in [3.63, 3.8) is 0 Å². The predicted octanol–water partition coefficient (Wildman–Crippen LogP) is 0.182. The van der Waals surface area contributed by atoms with E-state index in [1.165, 1.54) is 17.8 Å². The second-order valence-corrected chi connectivity index (χ2v) is 6.33. The average molecular weight is 413 g/mol. The highest BCUT2D eigenvalue weighted by Gasteiger charge is 2.16. The van der Waals surface area contributed by atoms with E-state index in [1.54, 1.807) is 19.1 Å². The molecule has 2 rings (SSSR count). The molecular formula is C19H23N7O4. The van der Waals surface area contributed by atoms with E-state index >= 15 is 0 Å². The molecule has 0 saturated heterocycles. The normalized spacial score (nSPS) is 10.1. The zero-order valence-electron chi connectivity index (χ0n) is 16.9. The minimum atomic E-state index is -0.790. The molecule has 2 aromatic rings. The Balaban J connectivity index is 2.08. The van der Waals surface area contributed by atoms with Crippen LogP contribution >= 0.6 is 0 Å². The average Bonchev–Trinajstić information content (AvgIpc) is 2.71. The van der Waals surface area contributed by atoms with Gasteiger partial charge in [-0.3, -0.25) is 24.6 Å². The smallest absolute Gasteiger partial charge is 0.429 e. The summed E-state index contributed by atoms with van der Waals surface area (Å²) in [6.45, 7) is 3.12. The number of carbonyl (C=O) groups excluding carboxylic acids is 2. The number of rotatable bonds is 7. The highest BCUT2D eigenvalue weighted by atomic mass is 16.6. The Labute approximate surface area is 173 Å². The zero-order chi connectivity index (χ0) is 22.3. The number of nitrogen functional groups attached to an aromatic ring is 1. The Morgan fingerprint density at radius 2 is 2.10 bits per heavy atom. The number of hydrogen-bond acceptors (Lipinski definition) is 8. The van der Waals surface area contributed by atoms with E-state index in [1.807, 2.05) is 6.92 Å². The fourth-order valence-corrected chi connectivity index (χ4v) is 2.39. The van der Waals surface area contributed by atoms with E-state index in [4.69, 9.17) is 16.9 Å². The van der Waals surface area contributed by atoms with Gasteiger partial charge in [-0.2, -0.15) is 0 Å². The number of hydrazine groups is 1. The Kier molecular flexibility index (Phi) is 7.35. The number of aryl methyl sites for hydroxylation is 2. The monoisotopic (exact) mass is 413 g/mol. The van der Waals surface area contributed by atoms with E-state index in [2.05, 4.69) is 26.6 Å². The van der Waals surface area contributed by atoms with E-state index in [0.29, 0.717) is 17.1 Å². The van der Waals surface area contributed by atoms with Gasteiger partial charge in [0.2, 0.25) is 11.7 Å². The molecular weight excluding hydrogens is 390 g/mol. The van der Waals surface area contributed by atoms with Crippen LogP contribution < -0.4 is 22.0 Å². The molecule has 0 aliphatic heterocycles. The first-order chi connectivity index (χ1) is 14.2. The highest BCUT2D eigenvalue weighted by molar-refractivity contribution is 5.76. The van der Waals surface area contributed by atoms with Crippen LogP contribution in [0.2, 0.25) is 0 Å². The first-order valence-electron chi connectivity index (χ1n) is 8.88. The zero-order valence-corrected chi connectivity index (χ0v) is 16.9. The largest absolute Gasteiger partial charge is 0.435 e. The topological polar surface area (TPSA) is 144 Å². The van der Waals surface area contributed by atoms with Crippen LogP contribution in [0.5, 0.6) is 0 Å². The summed E-state index contributed by atoms with van der Waals surface area (Å²) in [6, 6.07) is 3.48. The third kappa shape index (κ3) is 5.71. The molecule has 0 spiro atoms. The number of nitrogens with two attached hydrogens (primary N) is 1. The fourth-order valence-electron chi connectivity index (χ4n) is 2.39. The predicted molar refractivity (Wildman–Crippen MR) is 110 cm³/mol. The van der Waals surface area contributed by atoms with Gasteiger partial charge in [0.15, 0.2) is 6.61 Å². The summed E-state index contributed by atoms with van der Waals surface area (Å²) in [5, 5.41) is 3.61. The van der Waals surface area contributed by atoms with Gasteiger partial charge < -0.3 is 15.8 Å². The van der Waals surface area contributed by atoms with Gasteiger partial charge in [-0.1, -0.05) is 5.92 Å². The lowest BCUT2D eigenvalue weighted by molar-refractivity contribution is -0.121. The van der Waals surface area contributed by atoms with Crippen molar-refractivity contribution in [3.8, 4) is 12.3 Å².